The third-order valence-corrected chi connectivity index (χ3v) is 4.14. The highest BCUT2D eigenvalue weighted by molar-refractivity contribution is 7.99. The fourth-order valence-electron chi connectivity index (χ4n) is 2.02. The number of hydrogen-bond donors (Lipinski definition) is 2. The number of aromatic hydroxyl groups is 1. The van der Waals surface area contributed by atoms with Crippen LogP contribution in [0.1, 0.15) is 23.1 Å². The molecule has 8 heteroatoms. The number of carbonyl (C=O) groups excluding carboxylic acids is 2. The number of allylic oxidation sites excluding steroid dienone is 1. The van der Waals surface area contributed by atoms with Crippen LogP contribution in [0.5, 0.6) is 5.75 Å². The first-order valence-corrected chi connectivity index (χ1v) is 8.18. The number of anilines is 1. The number of ketones is 1. The number of Topliss-reactive ketones (excluding diaryl/α,β-unsaturated/α-hetero) is 1. The van der Waals surface area contributed by atoms with Crippen LogP contribution in [-0.2, 0) is 11.3 Å². The van der Waals surface area contributed by atoms with Gasteiger partial charge in [0.25, 0.3) is 0 Å². The van der Waals surface area contributed by atoms with Gasteiger partial charge in [-0.15, -0.1) is 16.8 Å². The molecule has 0 bridgehead atoms. The van der Waals surface area contributed by atoms with Crippen LogP contribution in [0.15, 0.2) is 36.0 Å². The first-order valence-electron chi connectivity index (χ1n) is 7.19. The van der Waals surface area contributed by atoms with Crippen LogP contribution in [0.25, 0.3) is 0 Å². The van der Waals surface area contributed by atoms with E-state index in [1.807, 2.05) is 11.5 Å². The maximum Gasteiger partial charge on any atom is 0.221 e. The van der Waals surface area contributed by atoms with Crippen molar-refractivity contribution in [2.45, 2.75) is 25.5 Å². The van der Waals surface area contributed by atoms with Crippen molar-refractivity contribution >= 4 is 29.1 Å². The first kappa shape index (κ1) is 17.7. The Bertz CT molecular complexity index is 786. The smallest absolute Gasteiger partial charge is 0.221 e. The van der Waals surface area contributed by atoms with E-state index < -0.39 is 0 Å². The minimum absolute atomic E-state index is 0.0873. The second-order valence-electron chi connectivity index (χ2n) is 5.05. The zero-order valence-corrected chi connectivity index (χ0v) is 14.3. The molecule has 0 radical (unpaired) electrons. The van der Waals surface area contributed by atoms with Crippen molar-refractivity contribution in [2.24, 2.45) is 0 Å². The average molecular weight is 346 g/mol. The molecular weight excluding hydrogens is 328 g/mol. The zero-order valence-electron chi connectivity index (χ0n) is 13.4. The number of phenolic OH excluding ortho intramolecular Hbond substituents is 1. The summed E-state index contributed by atoms with van der Waals surface area (Å²) in [6.07, 6.45) is 1.74. The van der Waals surface area contributed by atoms with Gasteiger partial charge in [-0.25, -0.2) is 0 Å². The zero-order chi connectivity index (χ0) is 17.7. The minimum Gasteiger partial charge on any atom is -0.506 e. The van der Waals surface area contributed by atoms with Gasteiger partial charge < -0.3 is 15.0 Å². The molecular formula is C16H18N4O3S. The van der Waals surface area contributed by atoms with Crippen LogP contribution >= 0.6 is 11.8 Å². The van der Waals surface area contributed by atoms with E-state index in [4.69, 9.17) is 0 Å². The van der Waals surface area contributed by atoms with Gasteiger partial charge in [-0.3, -0.25) is 9.59 Å². The standard InChI is InChI=1S/C16H18N4O3S/c1-4-7-20-10(2)18-19-16(20)24-9-15(23)12-5-6-14(22)13(8-12)17-11(3)21/h4-6,8,22H,1,7,9H2,2-3H3,(H,17,21). The summed E-state index contributed by atoms with van der Waals surface area (Å²) in [5, 5.41) is 20.9. The summed E-state index contributed by atoms with van der Waals surface area (Å²) >= 11 is 1.28. The number of nitrogens with one attached hydrogen (secondary N) is 1. The fourth-order valence-corrected chi connectivity index (χ4v) is 2.91. The van der Waals surface area contributed by atoms with Crippen molar-refractivity contribution in [3.05, 3.63) is 42.2 Å². The Kier molecular flexibility index (Phi) is 5.75. The average Bonchev–Trinajstić information content (AvgIpc) is 2.88. The molecule has 0 saturated heterocycles. The van der Waals surface area contributed by atoms with Crippen molar-refractivity contribution in [3.8, 4) is 5.75 Å². The van der Waals surface area contributed by atoms with E-state index >= 15 is 0 Å². The maximum atomic E-state index is 12.4. The maximum absolute atomic E-state index is 12.4. The number of thioether (sulfide) groups is 1. The molecule has 24 heavy (non-hydrogen) atoms. The lowest BCUT2D eigenvalue weighted by Crippen LogP contribution is -2.09. The Labute approximate surface area is 143 Å². The van der Waals surface area contributed by atoms with Gasteiger partial charge in [0.15, 0.2) is 10.9 Å². The van der Waals surface area contributed by atoms with Gasteiger partial charge >= 0.3 is 0 Å². The predicted octanol–water partition coefficient (Wildman–Crippen LogP) is 2.41. The van der Waals surface area contributed by atoms with Gasteiger partial charge in [0.1, 0.15) is 11.6 Å². The van der Waals surface area contributed by atoms with Crippen LogP contribution in [0, 0.1) is 6.92 Å². The summed E-state index contributed by atoms with van der Waals surface area (Å²) in [5.74, 6) is 0.368. The van der Waals surface area contributed by atoms with E-state index in [1.54, 1.807) is 6.08 Å². The number of amides is 1. The Hall–Kier alpha value is -2.61. The molecule has 2 aromatic rings. The monoisotopic (exact) mass is 346 g/mol. The Balaban J connectivity index is 2.10. The molecule has 0 saturated carbocycles. The number of aromatic nitrogens is 3. The Morgan fingerprint density at radius 1 is 1.42 bits per heavy atom. The number of carbonyl (C=O) groups is 2. The third-order valence-electron chi connectivity index (χ3n) is 3.18. The number of hydrogen-bond acceptors (Lipinski definition) is 6. The van der Waals surface area contributed by atoms with Crippen molar-refractivity contribution in [2.75, 3.05) is 11.1 Å². The SMILES string of the molecule is C=CCn1c(C)nnc1SCC(=O)c1ccc(O)c(NC(C)=O)c1. The summed E-state index contributed by atoms with van der Waals surface area (Å²) in [5.41, 5.74) is 0.611. The second kappa shape index (κ2) is 7.78. The lowest BCUT2D eigenvalue weighted by atomic mass is 10.1. The van der Waals surface area contributed by atoms with Crippen molar-refractivity contribution in [1.29, 1.82) is 0 Å². The molecule has 1 heterocycles. The normalized spacial score (nSPS) is 10.4. The van der Waals surface area contributed by atoms with Crippen LogP contribution in [-0.4, -0.2) is 37.3 Å². The van der Waals surface area contributed by atoms with Crippen LogP contribution < -0.4 is 5.32 Å². The van der Waals surface area contributed by atoms with E-state index in [0.29, 0.717) is 17.3 Å². The first-order chi connectivity index (χ1) is 11.4. The molecule has 0 fully saturated rings. The number of rotatable bonds is 7. The predicted molar refractivity (Wildman–Crippen MR) is 92.4 cm³/mol. The van der Waals surface area contributed by atoms with Crippen molar-refractivity contribution in [1.82, 2.24) is 14.8 Å². The summed E-state index contributed by atoms with van der Waals surface area (Å²) < 4.78 is 1.87. The fraction of sp³-hybridized carbons (Fsp3) is 0.250. The molecule has 1 aromatic carbocycles. The van der Waals surface area contributed by atoms with Crippen LogP contribution in [0.3, 0.4) is 0 Å². The van der Waals surface area contributed by atoms with Gasteiger partial charge in [0, 0.05) is 19.0 Å². The molecule has 0 atom stereocenters. The molecule has 0 aliphatic rings. The molecule has 7 nitrogen and oxygen atoms in total. The number of aryl methyl sites for hydroxylation is 1. The van der Waals surface area contributed by atoms with Gasteiger partial charge in [-0.2, -0.15) is 0 Å². The van der Waals surface area contributed by atoms with E-state index in [9.17, 15) is 14.7 Å². The van der Waals surface area contributed by atoms with E-state index in [2.05, 4.69) is 22.1 Å². The summed E-state index contributed by atoms with van der Waals surface area (Å²) in [6, 6.07) is 4.36. The van der Waals surface area contributed by atoms with Gasteiger partial charge in [0.2, 0.25) is 5.91 Å². The summed E-state index contributed by atoms with van der Waals surface area (Å²) in [7, 11) is 0. The lowest BCUT2D eigenvalue weighted by Gasteiger charge is -2.08. The summed E-state index contributed by atoms with van der Waals surface area (Å²) in [4.78, 5) is 23.5. The van der Waals surface area contributed by atoms with E-state index in [0.717, 1.165) is 5.82 Å². The van der Waals surface area contributed by atoms with Crippen molar-refractivity contribution in [3.63, 3.8) is 0 Å². The molecule has 1 aromatic heterocycles. The number of phenols is 1. The molecule has 2 N–H and O–H groups in total. The lowest BCUT2D eigenvalue weighted by molar-refractivity contribution is -0.114. The van der Waals surface area contributed by atoms with Crippen LogP contribution in [0.4, 0.5) is 5.69 Å². The van der Waals surface area contributed by atoms with E-state index in [-0.39, 0.29) is 28.9 Å². The molecule has 2 rings (SSSR count). The molecule has 126 valence electrons. The molecule has 0 aliphatic heterocycles. The highest BCUT2D eigenvalue weighted by atomic mass is 32.2. The summed E-state index contributed by atoms with van der Waals surface area (Å²) in [6.45, 7) is 7.43. The highest BCUT2D eigenvalue weighted by Crippen LogP contribution is 2.26. The highest BCUT2D eigenvalue weighted by Gasteiger charge is 2.14. The van der Waals surface area contributed by atoms with E-state index in [1.165, 1.54) is 36.9 Å². The minimum atomic E-state index is -0.322. The van der Waals surface area contributed by atoms with Gasteiger partial charge in [-0.1, -0.05) is 17.8 Å². The molecule has 0 aliphatic carbocycles. The Morgan fingerprint density at radius 2 is 2.17 bits per heavy atom. The number of benzene rings is 1. The topological polar surface area (TPSA) is 97.1 Å². The largest absolute Gasteiger partial charge is 0.506 e. The van der Waals surface area contributed by atoms with Gasteiger partial charge in [0.05, 0.1) is 11.4 Å². The van der Waals surface area contributed by atoms with Gasteiger partial charge in [-0.05, 0) is 25.1 Å². The van der Waals surface area contributed by atoms with Crippen molar-refractivity contribution < 1.29 is 14.7 Å². The molecule has 0 spiro atoms. The Morgan fingerprint density at radius 3 is 2.83 bits per heavy atom. The molecule has 1 amide bonds. The quantitative estimate of drug-likeness (QED) is 0.346. The van der Waals surface area contributed by atoms with Crippen LogP contribution in [0.2, 0.25) is 0 Å². The second-order valence-corrected chi connectivity index (χ2v) is 6.00. The molecule has 0 unspecified atom stereocenters. The third kappa shape index (κ3) is 4.23. The number of nitrogens with zero attached hydrogens (tertiary/aromatic N) is 3.